The topological polar surface area (TPSA) is 75.6 Å². The molecular weight excluding hydrogens is 392 g/mol. The van der Waals surface area contributed by atoms with Crippen LogP contribution in [-0.4, -0.2) is 62.0 Å². The molecule has 0 spiro atoms. The van der Waals surface area contributed by atoms with E-state index in [1.165, 1.54) is 0 Å². The molecular formula is C25H31N2O4+. The van der Waals surface area contributed by atoms with Gasteiger partial charge in [0.25, 0.3) is 0 Å². The maximum absolute atomic E-state index is 12.6. The van der Waals surface area contributed by atoms with Crippen molar-refractivity contribution in [2.75, 3.05) is 34.3 Å². The van der Waals surface area contributed by atoms with E-state index in [1.54, 1.807) is 13.0 Å². The molecule has 0 saturated carbocycles. The Labute approximate surface area is 183 Å². The standard InChI is InChI=1S/C25H30N2O4/c1-6-25(2,16-27(3,4)5)22(23(28)29)26-24(30)31-15-21-19-13-9-7-11-17(19)18-12-8-10-14-20(18)21/h6-14,21-22H,1,15-16H2,2-5H3,(H-,26,28,29,30)/p+1/t22-,25+/m0/s1. The normalized spacial score (nSPS) is 15.9. The lowest BCUT2D eigenvalue weighted by atomic mass is 9.81. The van der Waals surface area contributed by atoms with Gasteiger partial charge in [-0.2, -0.15) is 0 Å². The van der Waals surface area contributed by atoms with Crippen LogP contribution in [0.4, 0.5) is 4.79 Å². The van der Waals surface area contributed by atoms with Crippen molar-refractivity contribution in [1.29, 1.82) is 0 Å². The molecule has 0 fully saturated rings. The van der Waals surface area contributed by atoms with Gasteiger partial charge in [-0.3, -0.25) is 0 Å². The fourth-order valence-electron chi connectivity index (χ4n) is 4.56. The van der Waals surface area contributed by atoms with Crippen molar-refractivity contribution in [2.24, 2.45) is 5.41 Å². The zero-order valence-electron chi connectivity index (χ0n) is 18.6. The van der Waals surface area contributed by atoms with E-state index >= 15 is 0 Å². The van der Waals surface area contributed by atoms with Gasteiger partial charge in [-0.1, -0.05) is 54.6 Å². The number of nitrogens with one attached hydrogen (secondary N) is 1. The molecule has 2 atom stereocenters. The summed E-state index contributed by atoms with van der Waals surface area (Å²) in [5.41, 5.74) is 3.63. The number of carbonyl (C=O) groups is 2. The molecule has 0 heterocycles. The largest absolute Gasteiger partial charge is 0.480 e. The number of carboxylic acids is 1. The number of hydrogen-bond acceptors (Lipinski definition) is 3. The fourth-order valence-corrected chi connectivity index (χ4v) is 4.56. The van der Waals surface area contributed by atoms with Gasteiger partial charge in [0.15, 0.2) is 0 Å². The average molecular weight is 424 g/mol. The zero-order valence-corrected chi connectivity index (χ0v) is 18.6. The van der Waals surface area contributed by atoms with E-state index < -0.39 is 23.5 Å². The Bertz CT molecular complexity index is 950. The number of nitrogens with zero attached hydrogens (tertiary/aromatic N) is 1. The number of alkyl carbamates (subject to hydrolysis) is 1. The number of ether oxygens (including phenoxy) is 1. The monoisotopic (exact) mass is 423 g/mol. The number of fused-ring (bicyclic) bond motifs is 3. The highest BCUT2D eigenvalue weighted by Gasteiger charge is 2.42. The summed E-state index contributed by atoms with van der Waals surface area (Å²) < 4.78 is 6.06. The van der Waals surface area contributed by atoms with Crippen LogP contribution in [0.25, 0.3) is 11.1 Å². The van der Waals surface area contributed by atoms with Crippen LogP contribution in [0, 0.1) is 5.41 Å². The van der Waals surface area contributed by atoms with Gasteiger partial charge in [-0.05, 0) is 29.2 Å². The van der Waals surface area contributed by atoms with Gasteiger partial charge in [0.05, 0.1) is 33.1 Å². The van der Waals surface area contributed by atoms with E-state index in [1.807, 2.05) is 57.5 Å². The van der Waals surface area contributed by atoms with Gasteiger partial charge in [0.1, 0.15) is 12.6 Å². The highest BCUT2D eigenvalue weighted by Crippen LogP contribution is 2.44. The van der Waals surface area contributed by atoms with Gasteiger partial charge in [0.2, 0.25) is 0 Å². The number of carbonyl (C=O) groups excluding carboxylic acids is 1. The fraction of sp³-hybridized carbons (Fsp3) is 0.360. The van der Waals surface area contributed by atoms with Crippen molar-refractivity contribution in [2.45, 2.75) is 18.9 Å². The molecule has 6 heteroatoms. The highest BCUT2D eigenvalue weighted by molar-refractivity contribution is 5.82. The van der Waals surface area contributed by atoms with Gasteiger partial charge >= 0.3 is 12.1 Å². The third-order valence-corrected chi connectivity index (χ3v) is 5.79. The Hall–Kier alpha value is -3.12. The van der Waals surface area contributed by atoms with E-state index in [-0.39, 0.29) is 12.5 Å². The van der Waals surface area contributed by atoms with Crippen molar-refractivity contribution in [3.05, 3.63) is 72.3 Å². The molecule has 0 saturated heterocycles. The molecule has 3 rings (SSSR count). The Balaban J connectivity index is 1.75. The molecule has 0 aromatic heterocycles. The quantitative estimate of drug-likeness (QED) is 0.499. The van der Waals surface area contributed by atoms with E-state index in [4.69, 9.17) is 4.74 Å². The molecule has 0 unspecified atom stereocenters. The third kappa shape index (κ3) is 4.80. The smallest absolute Gasteiger partial charge is 0.407 e. The summed E-state index contributed by atoms with van der Waals surface area (Å²) in [5.74, 6) is -1.21. The second-order valence-corrected chi connectivity index (χ2v) is 9.40. The summed E-state index contributed by atoms with van der Waals surface area (Å²) in [7, 11) is 5.90. The number of benzene rings is 2. The predicted octanol–water partition coefficient (Wildman–Crippen LogP) is 3.88. The number of aliphatic carboxylic acids is 1. The first-order valence-corrected chi connectivity index (χ1v) is 10.3. The molecule has 0 bridgehead atoms. The predicted molar refractivity (Wildman–Crippen MR) is 121 cm³/mol. The van der Waals surface area contributed by atoms with Crippen LogP contribution in [0.5, 0.6) is 0 Å². The third-order valence-electron chi connectivity index (χ3n) is 5.79. The van der Waals surface area contributed by atoms with Crippen molar-refractivity contribution >= 4 is 12.1 Å². The first-order valence-electron chi connectivity index (χ1n) is 10.3. The summed E-state index contributed by atoms with van der Waals surface area (Å²) in [5, 5.41) is 12.4. The number of hydrogen-bond donors (Lipinski definition) is 2. The van der Waals surface area contributed by atoms with Crippen LogP contribution in [0.1, 0.15) is 24.0 Å². The van der Waals surface area contributed by atoms with Crippen LogP contribution in [0.2, 0.25) is 0 Å². The SMILES string of the molecule is C=C[C@](C)(C[N+](C)(C)C)[C@@H](NC(=O)OCC1c2ccccc2-c2ccccc21)C(=O)O. The minimum absolute atomic E-state index is 0.0848. The number of rotatable bonds is 8. The first-order chi connectivity index (χ1) is 14.6. The molecule has 2 N–H and O–H groups in total. The average Bonchev–Trinajstić information content (AvgIpc) is 3.03. The maximum atomic E-state index is 12.6. The minimum Gasteiger partial charge on any atom is -0.480 e. The van der Waals surface area contributed by atoms with Crippen LogP contribution >= 0.6 is 0 Å². The molecule has 1 aliphatic carbocycles. The summed E-state index contributed by atoms with van der Waals surface area (Å²) >= 11 is 0. The Morgan fingerprint density at radius 3 is 2.10 bits per heavy atom. The molecule has 0 aliphatic heterocycles. The van der Waals surface area contributed by atoms with Crippen molar-refractivity contribution in [1.82, 2.24) is 5.32 Å². The second-order valence-electron chi connectivity index (χ2n) is 9.40. The molecule has 0 radical (unpaired) electrons. The lowest BCUT2D eigenvalue weighted by Crippen LogP contribution is -2.57. The molecule has 1 aliphatic rings. The summed E-state index contributed by atoms with van der Waals surface area (Å²) in [4.78, 5) is 24.6. The molecule has 31 heavy (non-hydrogen) atoms. The Kier molecular flexibility index (Phi) is 6.23. The molecule has 6 nitrogen and oxygen atoms in total. The lowest BCUT2D eigenvalue weighted by molar-refractivity contribution is -0.876. The lowest BCUT2D eigenvalue weighted by Gasteiger charge is -2.38. The van der Waals surface area contributed by atoms with Crippen molar-refractivity contribution in [3.8, 4) is 11.1 Å². The summed E-state index contributed by atoms with van der Waals surface area (Å²) in [6.45, 7) is 6.22. The van der Waals surface area contributed by atoms with Gasteiger partial charge < -0.3 is 19.6 Å². The van der Waals surface area contributed by atoms with Crippen molar-refractivity contribution < 1.29 is 23.9 Å². The number of quaternary nitrogens is 1. The maximum Gasteiger partial charge on any atom is 0.407 e. The van der Waals surface area contributed by atoms with Gasteiger partial charge in [-0.15, -0.1) is 6.58 Å². The zero-order chi connectivity index (χ0) is 22.8. The van der Waals surface area contributed by atoms with Crippen LogP contribution in [-0.2, 0) is 9.53 Å². The Morgan fingerprint density at radius 1 is 1.13 bits per heavy atom. The molecule has 2 aromatic rings. The number of carboxylic acid groups (broad SMARTS) is 1. The van der Waals surface area contributed by atoms with Crippen LogP contribution in [0.3, 0.4) is 0 Å². The summed E-state index contributed by atoms with van der Waals surface area (Å²) in [6, 6.07) is 15.0. The van der Waals surface area contributed by atoms with E-state index in [2.05, 4.69) is 24.0 Å². The van der Waals surface area contributed by atoms with Gasteiger partial charge in [0, 0.05) is 5.92 Å². The van der Waals surface area contributed by atoms with E-state index in [0.29, 0.717) is 11.0 Å². The van der Waals surface area contributed by atoms with Crippen LogP contribution in [0.15, 0.2) is 61.2 Å². The second kappa shape index (κ2) is 8.55. The van der Waals surface area contributed by atoms with E-state index in [0.717, 1.165) is 22.3 Å². The minimum atomic E-state index is -1.15. The van der Waals surface area contributed by atoms with Gasteiger partial charge in [-0.25, -0.2) is 9.59 Å². The highest BCUT2D eigenvalue weighted by atomic mass is 16.5. The molecule has 1 amide bonds. The first kappa shape index (κ1) is 22.6. The number of amides is 1. The summed E-state index contributed by atoms with van der Waals surface area (Å²) in [6.07, 6.45) is 0.850. The Morgan fingerprint density at radius 2 is 1.65 bits per heavy atom. The molecule has 2 aromatic carbocycles. The van der Waals surface area contributed by atoms with Crippen molar-refractivity contribution in [3.63, 3.8) is 0 Å². The molecule has 164 valence electrons. The van der Waals surface area contributed by atoms with E-state index in [9.17, 15) is 14.7 Å². The van der Waals surface area contributed by atoms with Crippen LogP contribution < -0.4 is 5.32 Å².